The van der Waals surface area contributed by atoms with Gasteiger partial charge in [-0.15, -0.1) is 0 Å². The second kappa shape index (κ2) is 15.2. The number of hydrogen-bond donors (Lipinski definition) is 1. The van der Waals surface area contributed by atoms with Crippen LogP contribution in [0.15, 0.2) is 97.1 Å². The highest BCUT2D eigenvalue weighted by Crippen LogP contribution is 2.51. The van der Waals surface area contributed by atoms with Gasteiger partial charge in [-0.2, -0.15) is 0 Å². The van der Waals surface area contributed by atoms with Crippen LogP contribution in [-0.2, 0) is 39.3 Å². The Kier molecular flexibility index (Phi) is 10.7. The summed E-state index contributed by atoms with van der Waals surface area (Å²) in [7, 11) is -3.16. The lowest BCUT2D eigenvalue weighted by atomic mass is 9.89. The van der Waals surface area contributed by atoms with Crippen molar-refractivity contribution < 1.29 is 18.3 Å². The molecule has 0 spiro atoms. The maximum atomic E-state index is 13.0. The van der Waals surface area contributed by atoms with Crippen molar-refractivity contribution in [1.82, 2.24) is 14.9 Å². The van der Waals surface area contributed by atoms with Crippen molar-refractivity contribution in [2.45, 2.75) is 52.4 Å². The summed E-state index contributed by atoms with van der Waals surface area (Å²) in [6, 6.07) is 33.3. The van der Waals surface area contributed by atoms with Gasteiger partial charge in [0, 0.05) is 12.1 Å². The number of nitrogens with one attached hydrogen (secondary N) is 1. The molecule has 0 atom stereocenters. The number of aromatic nitrogens is 2. The van der Waals surface area contributed by atoms with Crippen molar-refractivity contribution in [2.75, 3.05) is 26.3 Å². The van der Waals surface area contributed by atoms with Gasteiger partial charge in [0.1, 0.15) is 18.2 Å². The van der Waals surface area contributed by atoms with E-state index in [-0.39, 0.29) is 6.16 Å². The minimum absolute atomic E-state index is 0.255. The highest BCUT2D eigenvalue weighted by Gasteiger charge is 2.24. The van der Waals surface area contributed by atoms with Crippen LogP contribution in [0.1, 0.15) is 48.9 Å². The first kappa shape index (κ1) is 32.2. The van der Waals surface area contributed by atoms with Crippen molar-refractivity contribution in [3.63, 3.8) is 0 Å². The molecule has 240 valence electrons. The number of aromatic amines is 1. The van der Waals surface area contributed by atoms with Crippen molar-refractivity contribution in [2.24, 2.45) is 5.92 Å². The number of imidazole rings is 1. The van der Waals surface area contributed by atoms with Gasteiger partial charge in [-0.05, 0) is 92.6 Å². The van der Waals surface area contributed by atoms with Crippen LogP contribution in [0.4, 0.5) is 0 Å². The number of H-pyrrole nitrogens is 1. The number of hydrogen-bond acceptors (Lipinski definition) is 6. The summed E-state index contributed by atoms with van der Waals surface area (Å²) in [6.07, 6.45) is 3.60. The predicted octanol–water partition coefficient (Wildman–Crippen LogP) is 9.03. The van der Waals surface area contributed by atoms with Gasteiger partial charge >= 0.3 is 7.60 Å². The number of ether oxygens (including phenoxy) is 1. The van der Waals surface area contributed by atoms with Gasteiger partial charge in [0.15, 0.2) is 0 Å². The van der Waals surface area contributed by atoms with Crippen LogP contribution < -0.4 is 4.74 Å². The number of rotatable bonds is 14. The van der Waals surface area contributed by atoms with Gasteiger partial charge in [0.2, 0.25) is 0 Å². The van der Waals surface area contributed by atoms with Crippen molar-refractivity contribution in [3.05, 3.63) is 119 Å². The molecule has 1 aromatic heterocycles. The summed E-state index contributed by atoms with van der Waals surface area (Å²) >= 11 is 0. The second-order valence-corrected chi connectivity index (χ2v) is 14.1. The highest BCUT2D eigenvalue weighted by atomic mass is 31.2. The lowest BCUT2D eigenvalue weighted by Crippen LogP contribution is -2.33. The van der Waals surface area contributed by atoms with E-state index < -0.39 is 7.60 Å². The Hall–Kier alpha value is -3.74. The maximum Gasteiger partial charge on any atom is 0.335 e. The van der Waals surface area contributed by atoms with Crippen molar-refractivity contribution in [3.8, 4) is 17.1 Å². The zero-order chi connectivity index (χ0) is 31.8. The molecule has 1 saturated heterocycles. The molecule has 4 aromatic carbocycles. The maximum absolute atomic E-state index is 13.0. The topological polar surface area (TPSA) is 76.7 Å². The summed E-state index contributed by atoms with van der Waals surface area (Å²) in [5, 5.41) is 0. The first-order chi connectivity index (χ1) is 22.5. The van der Waals surface area contributed by atoms with E-state index in [0.29, 0.717) is 25.7 Å². The summed E-state index contributed by atoms with van der Waals surface area (Å²) in [5.74, 6) is 2.48. The molecule has 1 N–H and O–H groups in total. The molecule has 5 aromatic rings. The monoisotopic (exact) mass is 637 g/mol. The van der Waals surface area contributed by atoms with Gasteiger partial charge in [-0.3, -0.25) is 9.46 Å². The Morgan fingerprint density at radius 1 is 0.826 bits per heavy atom. The fourth-order valence-corrected chi connectivity index (χ4v) is 8.03. The molecule has 0 bridgehead atoms. The molecule has 8 heteroatoms. The average Bonchev–Trinajstić information content (AvgIpc) is 3.50. The Labute approximate surface area is 272 Å². The van der Waals surface area contributed by atoms with Gasteiger partial charge < -0.3 is 18.8 Å². The van der Waals surface area contributed by atoms with E-state index in [1.54, 1.807) is 0 Å². The number of para-hydroxylation sites is 1. The summed E-state index contributed by atoms with van der Waals surface area (Å²) in [4.78, 5) is 10.9. The number of piperidine rings is 1. The summed E-state index contributed by atoms with van der Waals surface area (Å²) in [6.45, 7) is 7.95. The van der Waals surface area contributed by atoms with E-state index in [1.807, 2.05) is 62.4 Å². The van der Waals surface area contributed by atoms with Crippen molar-refractivity contribution >= 4 is 18.6 Å². The van der Waals surface area contributed by atoms with Crippen LogP contribution in [-0.4, -0.2) is 41.2 Å². The highest BCUT2D eigenvalue weighted by molar-refractivity contribution is 7.53. The smallest absolute Gasteiger partial charge is 0.335 e. The fraction of sp³-hybridized carbons (Fsp3) is 0.342. The third kappa shape index (κ3) is 8.34. The van der Waals surface area contributed by atoms with Crippen LogP contribution in [0.5, 0.6) is 5.75 Å². The third-order valence-electron chi connectivity index (χ3n) is 8.60. The van der Waals surface area contributed by atoms with E-state index >= 15 is 0 Å². The summed E-state index contributed by atoms with van der Waals surface area (Å²) in [5.41, 5.74) is 7.73. The normalized spacial score (nSPS) is 14.6. The molecule has 2 heterocycles. The molecule has 46 heavy (non-hydrogen) atoms. The lowest BCUT2D eigenvalue weighted by molar-refractivity contribution is 0.176. The van der Waals surface area contributed by atoms with Crippen LogP contribution in [0.2, 0.25) is 0 Å². The van der Waals surface area contributed by atoms with Crippen LogP contribution >= 0.6 is 7.60 Å². The zero-order valence-corrected chi connectivity index (χ0v) is 27.8. The molecule has 1 fully saturated rings. The number of fused-ring (bicyclic) bond motifs is 1. The van der Waals surface area contributed by atoms with Gasteiger partial charge in [0.05, 0.1) is 30.4 Å². The SMILES string of the molecule is CCOP(=O)(Cc1cccc(COc2ccccc2CC2CCN(Cc3ccc4nc(-c5ccccc5)[nH]c4c3)CC2)c1)OCC. The Morgan fingerprint density at radius 2 is 1.57 bits per heavy atom. The summed E-state index contributed by atoms with van der Waals surface area (Å²) < 4.78 is 30.4. The number of benzene rings is 4. The molecule has 6 rings (SSSR count). The standard InChI is InChI=1S/C38H44N3O4P/c1-3-44-46(42,45-4-2)28-32-12-10-11-31(23-32)27-43-37-16-9-8-15-34(37)24-29-19-21-41(22-20-29)26-30-17-18-35-36(25-30)40-38(39-35)33-13-6-5-7-14-33/h5-18,23,25,29H,3-4,19-22,24,26-28H2,1-2H3,(H,39,40). The molecule has 0 aliphatic carbocycles. The largest absolute Gasteiger partial charge is 0.489 e. The van der Waals surface area contributed by atoms with E-state index in [2.05, 4.69) is 58.4 Å². The molecule has 0 saturated carbocycles. The Balaban J connectivity index is 1.02. The van der Waals surface area contributed by atoms with Gasteiger partial charge in [0.25, 0.3) is 0 Å². The molecule has 1 aliphatic rings. The molecule has 7 nitrogen and oxygen atoms in total. The Bertz CT molecular complexity index is 1750. The molecule has 0 unspecified atom stereocenters. The van der Waals surface area contributed by atoms with E-state index in [9.17, 15) is 4.57 Å². The van der Waals surface area contributed by atoms with Crippen LogP contribution in [0.3, 0.4) is 0 Å². The van der Waals surface area contributed by atoms with Crippen LogP contribution in [0.25, 0.3) is 22.4 Å². The second-order valence-electron chi connectivity index (χ2n) is 12.0. The van der Waals surface area contributed by atoms with Gasteiger partial charge in [-0.1, -0.05) is 78.9 Å². The quantitative estimate of drug-likeness (QED) is 0.123. The first-order valence-electron chi connectivity index (χ1n) is 16.4. The fourth-order valence-electron chi connectivity index (χ4n) is 6.34. The third-order valence-corrected chi connectivity index (χ3v) is 10.7. The average molecular weight is 638 g/mol. The molecular formula is C38H44N3O4P. The van der Waals surface area contributed by atoms with Crippen molar-refractivity contribution in [1.29, 1.82) is 0 Å². The van der Waals surface area contributed by atoms with E-state index in [4.69, 9.17) is 18.8 Å². The Morgan fingerprint density at radius 3 is 2.35 bits per heavy atom. The minimum Gasteiger partial charge on any atom is -0.489 e. The molecule has 1 aliphatic heterocycles. The van der Waals surface area contributed by atoms with E-state index in [0.717, 1.165) is 65.4 Å². The molecule has 0 amide bonds. The minimum atomic E-state index is -3.16. The number of likely N-dealkylation sites (tertiary alicyclic amines) is 1. The lowest BCUT2D eigenvalue weighted by Gasteiger charge is -2.32. The first-order valence-corrected chi connectivity index (χ1v) is 18.2. The molecular weight excluding hydrogens is 593 g/mol. The predicted molar refractivity (Wildman–Crippen MR) is 185 cm³/mol. The van der Waals surface area contributed by atoms with Crippen LogP contribution in [0, 0.1) is 5.92 Å². The molecule has 0 radical (unpaired) electrons. The van der Waals surface area contributed by atoms with Gasteiger partial charge in [-0.25, -0.2) is 4.98 Å². The van der Waals surface area contributed by atoms with E-state index in [1.165, 1.54) is 24.0 Å². The zero-order valence-electron chi connectivity index (χ0n) is 26.9. The number of nitrogens with zero attached hydrogens (tertiary/aromatic N) is 2.